The Bertz CT molecular complexity index is 113. The van der Waals surface area contributed by atoms with Gasteiger partial charge in [0.25, 0.3) is 0 Å². The molecular weight excluding hydrogens is 142 g/mol. The SMILES string of the molecule is CNCCOCC(=O)C(C)C. The average molecular weight is 159 g/mol. The van der Waals surface area contributed by atoms with E-state index in [-0.39, 0.29) is 18.3 Å². The van der Waals surface area contributed by atoms with Crippen molar-refractivity contribution in [1.29, 1.82) is 0 Å². The molecule has 0 spiro atoms. The fourth-order valence-electron chi connectivity index (χ4n) is 0.514. The summed E-state index contributed by atoms with van der Waals surface area (Å²) in [6.45, 7) is 5.41. The van der Waals surface area contributed by atoms with E-state index in [0.717, 1.165) is 6.54 Å². The molecule has 66 valence electrons. The van der Waals surface area contributed by atoms with Crippen molar-refractivity contribution in [3.8, 4) is 0 Å². The molecule has 11 heavy (non-hydrogen) atoms. The standard InChI is InChI=1S/C8H17NO2/c1-7(2)8(10)6-11-5-4-9-3/h7,9H,4-6H2,1-3H3. The van der Waals surface area contributed by atoms with E-state index in [1.807, 2.05) is 20.9 Å². The van der Waals surface area contributed by atoms with Gasteiger partial charge in [-0.25, -0.2) is 0 Å². The molecule has 0 aromatic carbocycles. The van der Waals surface area contributed by atoms with Gasteiger partial charge in [-0.1, -0.05) is 13.8 Å². The van der Waals surface area contributed by atoms with Crippen molar-refractivity contribution in [3.05, 3.63) is 0 Å². The number of carbonyl (C=O) groups is 1. The van der Waals surface area contributed by atoms with E-state index in [4.69, 9.17) is 4.74 Å². The van der Waals surface area contributed by atoms with Gasteiger partial charge in [0.15, 0.2) is 5.78 Å². The zero-order chi connectivity index (χ0) is 8.69. The lowest BCUT2D eigenvalue weighted by Crippen LogP contribution is -2.19. The van der Waals surface area contributed by atoms with Crippen LogP contribution < -0.4 is 5.32 Å². The van der Waals surface area contributed by atoms with Crippen molar-refractivity contribution in [1.82, 2.24) is 5.32 Å². The molecule has 0 aromatic rings. The third kappa shape index (κ3) is 6.01. The van der Waals surface area contributed by atoms with E-state index in [1.165, 1.54) is 0 Å². The maximum Gasteiger partial charge on any atom is 0.160 e. The number of nitrogens with one attached hydrogen (secondary N) is 1. The van der Waals surface area contributed by atoms with Gasteiger partial charge in [0.1, 0.15) is 6.61 Å². The van der Waals surface area contributed by atoms with Gasteiger partial charge in [0, 0.05) is 12.5 Å². The highest BCUT2D eigenvalue weighted by atomic mass is 16.5. The Kier molecular flexibility index (Phi) is 6.07. The van der Waals surface area contributed by atoms with Gasteiger partial charge in [0.2, 0.25) is 0 Å². The normalized spacial score (nSPS) is 10.5. The Labute approximate surface area is 68.1 Å². The number of carbonyl (C=O) groups excluding carboxylic acids is 1. The van der Waals surface area contributed by atoms with Crippen LogP contribution >= 0.6 is 0 Å². The number of hydrogen-bond donors (Lipinski definition) is 1. The van der Waals surface area contributed by atoms with Crippen LogP contribution in [0.1, 0.15) is 13.8 Å². The average Bonchev–Trinajstić information content (AvgIpc) is 1.97. The quantitative estimate of drug-likeness (QED) is 0.572. The summed E-state index contributed by atoms with van der Waals surface area (Å²) in [5.74, 6) is 0.255. The zero-order valence-electron chi connectivity index (χ0n) is 7.52. The topological polar surface area (TPSA) is 38.3 Å². The molecule has 0 saturated carbocycles. The third-order valence-corrected chi connectivity index (χ3v) is 1.38. The summed E-state index contributed by atoms with van der Waals surface area (Å²) in [7, 11) is 1.85. The van der Waals surface area contributed by atoms with Gasteiger partial charge in [-0.3, -0.25) is 4.79 Å². The number of ketones is 1. The minimum absolute atomic E-state index is 0.0876. The summed E-state index contributed by atoms with van der Waals surface area (Å²) in [6.07, 6.45) is 0. The molecule has 0 heterocycles. The molecule has 0 unspecified atom stereocenters. The summed E-state index contributed by atoms with van der Waals surface area (Å²) < 4.78 is 5.09. The summed E-state index contributed by atoms with van der Waals surface area (Å²) in [5.41, 5.74) is 0. The number of Topliss-reactive ketones (excluding diaryl/α,β-unsaturated/α-hetero) is 1. The van der Waals surface area contributed by atoms with Crippen molar-refractivity contribution in [3.63, 3.8) is 0 Å². The maximum atomic E-state index is 11.0. The van der Waals surface area contributed by atoms with Crippen molar-refractivity contribution in [2.45, 2.75) is 13.8 Å². The number of rotatable bonds is 6. The molecule has 0 fully saturated rings. The Morgan fingerprint density at radius 3 is 2.64 bits per heavy atom. The number of hydrogen-bond acceptors (Lipinski definition) is 3. The number of likely N-dealkylation sites (N-methyl/N-ethyl adjacent to an activating group) is 1. The van der Waals surface area contributed by atoms with Crippen LogP contribution in [0.25, 0.3) is 0 Å². The van der Waals surface area contributed by atoms with Gasteiger partial charge in [-0.05, 0) is 7.05 Å². The second kappa shape index (κ2) is 6.31. The van der Waals surface area contributed by atoms with Gasteiger partial charge in [-0.15, -0.1) is 0 Å². The van der Waals surface area contributed by atoms with Crippen molar-refractivity contribution < 1.29 is 9.53 Å². The summed E-state index contributed by atoms with van der Waals surface area (Å²) in [5, 5.41) is 2.93. The van der Waals surface area contributed by atoms with Crippen molar-refractivity contribution >= 4 is 5.78 Å². The molecule has 0 aliphatic carbocycles. The van der Waals surface area contributed by atoms with E-state index >= 15 is 0 Å². The minimum atomic E-state index is 0.0876. The molecule has 0 saturated heterocycles. The Hall–Kier alpha value is -0.410. The van der Waals surface area contributed by atoms with Crippen molar-refractivity contribution in [2.24, 2.45) is 5.92 Å². The highest BCUT2D eigenvalue weighted by molar-refractivity contribution is 5.81. The summed E-state index contributed by atoms with van der Waals surface area (Å²) in [4.78, 5) is 11.0. The lowest BCUT2D eigenvalue weighted by atomic mass is 10.1. The van der Waals surface area contributed by atoms with Crippen LogP contribution in [0.4, 0.5) is 0 Å². The summed E-state index contributed by atoms with van der Waals surface area (Å²) in [6, 6.07) is 0. The van der Waals surface area contributed by atoms with Gasteiger partial charge < -0.3 is 10.1 Å². The molecule has 0 rings (SSSR count). The lowest BCUT2D eigenvalue weighted by Gasteiger charge is -2.04. The van der Waals surface area contributed by atoms with E-state index in [2.05, 4.69) is 5.32 Å². The van der Waals surface area contributed by atoms with Crippen LogP contribution in [0.2, 0.25) is 0 Å². The van der Waals surface area contributed by atoms with Gasteiger partial charge in [-0.2, -0.15) is 0 Å². The van der Waals surface area contributed by atoms with Crippen LogP contribution in [0.3, 0.4) is 0 Å². The maximum absolute atomic E-state index is 11.0. The van der Waals surface area contributed by atoms with Crippen LogP contribution in [-0.2, 0) is 9.53 Å². The fourth-order valence-corrected chi connectivity index (χ4v) is 0.514. The van der Waals surface area contributed by atoms with Crippen LogP contribution in [0.5, 0.6) is 0 Å². The lowest BCUT2D eigenvalue weighted by molar-refractivity contribution is -0.126. The molecule has 0 amide bonds. The van der Waals surface area contributed by atoms with Crippen molar-refractivity contribution in [2.75, 3.05) is 26.8 Å². The first-order valence-electron chi connectivity index (χ1n) is 3.93. The predicted molar refractivity (Wildman–Crippen MR) is 44.6 cm³/mol. The van der Waals surface area contributed by atoms with Crippen LogP contribution in [0.15, 0.2) is 0 Å². The smallest absolute Gasteiger partial charge is 0.160 e. The van der Waals surface area contributed by atoms with E-state index in [0.29, 0.717) is 6.61 Å². The molecule has 0 radical (unpaired) electrons. The largest absolute Gasteiger partial charge is 0.372 e. The van der Waals surface area contributed by atoms with E-state index < -0.39 is 0 Å². The highest BCUT2D eigenvalue weighted by Crippen LogP contribution is 1.93. The molecule has 0 aliphatic rings. The molecule has 1 N–H and O–H groups in total. The van der Waals surface area contributed by atoms with Crippen LogP contribution in [0, 0.1) is 5.92 Å². The fraction of sp³-hybridized carbons (Fsp3) is 0.875. The van der Waals surface area contributed by atoms with Crippen LogP contribution in [-0.4, -0.2) is 32.6 Å². The molecule has 3 nitrogen and oxygen atoms in total. The first kappa shape index (κ1) is 10.6. The van der Waals surface area contributed by atoms with E-state index in [1.54, 1.807) is 0 Å². The molecule has 0 bridgehead atoms. The van der Waals surface area contributed by atoms with Gasteiger partial charge >= 0.3 is 0 Å². The first-order chi connectivity index (χ1) is 5.18. The Balaban J connectivity index is 3.18. The monoisotopic (exact) mass is 159 g/mol. The molecule has 0 atom stereocenters. The first-order valence-corrected chi connectivity index (χ1v) is 3.93. The zero-order valence-corrected chi connectivity index (χ0v) is 7.52. The minimum Gasteiger partial charge on any atom is -0.372 e. The Morgan fingerprint density at radius 2 is 2.18 bits per heavy atom. The summed E-state index contributed by atoms with van der Waals surface area (Å²) >= 11 is 0. The molecule has 0 aromatic heterocycles. The molecular formula is C8H17NO2. The second-order valence-electron chi connectivity index (χ2n) is 2.78. The third-order valence-electron chi connectivity index (χ3n) is 1.38. The second-order valence-corrected chi connectivity index (χ2v) is 2.78. The number of ether oxygens (including phenoxy) is 1. The van der Waals surface area contributed by atoms with E-state index in [9.17, 15) is 4.79 Å². The molecule has 0 aliphatic heterocycles. The highest BCUT2D eigenvalue weighted by Gasteiger charge is 2.05. The Morgan fingerprint density at radius 1 is 1.55 bits per heavy atom. The molecule has 3 heteroatoms. The predicted octanol–water partition coefficient (Wildman–Crippen LogP) is 0.447. The van der Waals surface area contributed by atoms with Gasteiger partial charge in [0.05, 0.1) is 6.61 Å².